The second-order valence-corrected chi connectivity index (χ2v) is 16.5. The van der Waals surface area contributed by atoms with Crippen LogP contribution in [0.15, 0.2) is 42.5 Å². The van der Waals surface area contributed by atoms with Gasteiger partial charge in [0.05, 0.1) is 13.2 Å². The Morgan fingerprint density at radius 2 is 1.82 bits per heavy atom. The Labute approximate surface area is 294 Å². The Kier molecular flexibility index (Phi) is 9.18. The summed E-state index contributed by atoms with van der Waals surface area (Å²) in [4.78, 5) is 25.2. The van der Waals surface area contributed by atoms with Gasteiger partial charge in [0.1, 0.15) is 12.6 Å². The number of carbonyl (C=O) groups excluding carboxylic acids is 2. The number of ether oxygens (including phenoxy) is 2. The third-order valence-electron chi connectivity index (χ3n) is 14.0. The van der Waals surface area contributed by atoms with E-state index in [1.54, 1.807) is 0 Å². The van der Waals surface area contributed by atoms with Crippen molar-refractivity contribution in [2.45, 2.75) is 104 Å². The number of nitrogens with zero attached hydrogens (tertiary/aromatic N) is 3. The van der Waals surface area contributed by atoms with Crippen LogP contribution in [0, 0.1) is 51.1 Å². The van der Waals surface area contributed by atoms with Crippen LogP contribution in [0.25, 0.3) is 22.2 Å². The highest BCUT2D eigenvalue weighted by Crippen LogP contribution is 2.68. The average molecular weight is 689 g/mol. The highest BCUT2D eigenvalue weighted by Gasteiger charge is 2.63. The number of nitrogen functional groups attached to an aromatic ring is 1. The molecule has 4 fully saturated rings. The summed E-state index contributed by atoms with van der Waals surface area (Å²) in [5.74, 6) is 9.22. The maximum atomic E-state index is 13.3. The first kappa shape index (κ1) is 34.2. The van der Waals surface area contributed by atoms with Crippen LogP contribution >= 0.6 is 12.2 Å². The molecule has 49 heavy (non-hydrogen) atoms. The van der Waals surface area contributed by atoms with E-state index in [1.165, 1.54) is 22.9 Å². The molecule has 3 N–H and O–H groups in total. The summed E-state index contributed by atoms with van der Waals surface area (Å²) in [6.07, 6.45) is 8.87. The number of carbonyl (C=O) groups is 2. The van der Waals surface area contributed by atoms with Crippen molar-refractivity contribution < 1.29 is 24.2 Å². The molecule has 264 valence electrons. The van der Waals surface area contributed by atoms with Crippen molar-refractivity contribution in [1.29, 1.82) is 0 Å². The highest BCUT2D eigenvalue weighted by atomic mass is 32.1. The van der Waals surface area contributed by atoms with E-state index >= 15 is 0 Å². The van der Waals surface area contributed by atoms with Gasteiger partial charge in [0, 0.05) is 12.0 Å². The molecule has 4 saturated carbocycles. The summed E-state index contributed by atoms with van der Waals surface area (Å²) in [5.41, 5.74) is 0.866. The number of aliphatic hydroxyl groups excluding tert-OH is 1. The van der Waals surface area contributed by atoms with Gasteiger partial charge in [-0.1, -0.05) is 63.2 Å². The monoisotopic (exact) mass is 688 g/mol. The van der Waals surface area contributed by atoms with Crippen LogP contribution in [-0.2, 0) is 25.6 Å². The normalized spacial score (nSPS) is 34.4. The first-order valence-electron chi connectivity index (χ1n) is 18.3. The minimum atomic E-state index is -0.344. The summed E-state index contributed by atoms with van der Waals surface area (Å²) < 4.78 is 14.1. The van der Waals surface area contributed by atoms with E-state index in [1.807, 2.05) is 42.5 Å². The van der Waals surface area contributed by atoms with Crippen LogP contribution in [0.4, 0.5) is 0 Å². The summed E-state index contributed by atoms with van der Waals surface area (Å²) >= 11 is 5.60. The first-order valence-corrected chi connectivity index (χ1v) is 18.7. The van der Waals surface area contributed by atoms with Crippen molar-refractivity contribution in [3.63, 3.8) is 0 Å². The fourth-order valence-electron chi connectivity index (χ4n) is 11.4. The van der Waals surface area contributed by atoms with Gasteiger partial charge in [0.25, 0.3) is 0 Å². The zero-order valence-electron chi connectivity index (χ0n) is 29.3. The van der Waals surface area contributed by atoms with Gasteiger partial charge in [-0.05, 0) is 127 Å². The Bertz CT molecular complexity index is 1780. The molecule has 10 atom stereocenters. The Morgan fingerprint density at radius 1 is 1.04 bits per heavy atom. The molecule has 1 heterocycles. The lowest BCUT2D eigenvalue weighted by molar-refractivity contribution is -0.182. The van der Waals surface area contributed by atoms with E-state index in [-0.39, 0.29) is 46.3 Å². The van der Waals surface area contributed by atoms with Crippen LogP contribution in [0.5, 0.6) is 0 Å². The van der Waals surface area contributed by atoms with Crippen molar-refractivity contribution in [2.24, 2.45) is 46.3 Å². The van der Waals surface area contributed by atoms with Gasteiger partial charge in [-0.2, -0.15) is 0 Å². The molecule has 9 nitrogen and oxygen atoms in total. The number of hydrogen-bond donors (Lipinski definition) is 2. The lowest BCUT2D eigenvalue weighted by Gasteiger charge is -2.62. The number of fused-ring (bicyclic) bond motifs is 6. The van der Waals surface area contributed by atoms with Gasteiger partial charge in [0.2, 0.25) is 4.77 Å². The molecule has 4 aliphatic carbocycles. The van der Waals surface area contributed by atoms with E-state index in [2.05, 4.69) is 25.9 Å². The molecule has 0 amide bonds. The molecule has 0 bridgehead atoms. The number of aliphatic hydroxyl groups is 1. The maximum Gasteiger partial charge on any atom is 0.328 e. The quantitative estimate of drug-likeness (QED) is 0.146. The molecule has 0 aliphatic heterocycles. The van der Waals surface area contributed by atoms with Crippen LogP contribution in [-0.4, -0.2) is 50.8 Å². The second kappa shape index (κ2) is 13.1. The van der Waals surface area contributed by atoms with Gasteiger partial charge in [-0.15, -0.1) is 5.10 Å². The molecule has 4 aliphatic rings. The van der Waals surface area contributed by atoms with E-state index in [0.29, 0.717) is 47.8 Å². The first-order chi connectivity index (χ1) is 23.4. The molecule has 3 aromatic rings. The minimum absolute atomic E-state index is 0.0877. The predicted molar refractivity (Wildman–Crippen MR) is 191 cm³/mol. The third-order valence-corrected chi connectivity index (χ3v) is 14.4. The summed E-state index contributed by atoms with van der Waals surface area (Å²) in [5, 5.41) is 18.7. The number of benzene rings is 2. The Hall–Kier alpha value is -3.24. The minimum Gasteiger partial charge on any atom is -0.469 e. The molecule has 7 rings (SSSR count). The number of aromatic nitrogens is 3. The number of methoxy groups -OCH3 is 1. The van der Waals surface area contributed by atoms with Gasteiger partial charge in [0.15, 0.2) is 5.82 Å². The summed E-state index contributed by atoms with van der Waals surface area (Å²) in [7, 11) is 1.45. The lowest BCUT2D eigenvalue weighted by atomic mass is 9.43. The molecule has 10 heteroatoms. The fraction of sp³-hybridized carbons (Fsp3) is 0.641. The Balaban J connectivity index is 1.00. The van der Waals surface area contributed by atoms with Gasteiger partial charge in [-0.3, -0.25) is 9.59 Å². The smallest absolute Gasteiger partial charge is 0.328 e. The molecule has 0 radical (unpaired) electrons. The molecule has 2 aromatic carbocycles. The SMILES string of the molecule is COC(=O)CC[C@@H](C)[C@H]1CC[C@H]2[C@@H]3CC[C@@H]4C[C@H](OC(=O)Cn5nc(-c6cccc7ccccc67)n(N)c5=S)CC[C@]4(C)[C@H]3C[C@H](O)[C@]12C. The van der Waals surface area contributed by atoms with Crippen molar-refractivity contribution >= 4 is 34.9 Å². The Morgan fingerprint density at radius 3 is 2.61 bits per heavy atom. The van der Waals surface area contributed by atoms with Gasteiger partial charge < -0.3 is 20.4 Å². The van der Waals surface area contributed by atoms with Crippen LogP contribution in [0.3, 0.4) is 0 Å². The van der Waals surface area contributed by atoms with E-state index in [9.17, 15) is 14.7 Å². The van der Waals surface area contributed by atoms with Gasteiger partial charge in [-0.25, -0.2) is 9.36 Å². The fourth-order valence-corrected chi connectivity index (χ4v) is 11.6. The average Bonchev–Trinajstić information content (AvgIpc) is 3.60. The van der Waals surface area contributed by atoms with Crippen molar-refractivity contribution in [1.82, 2.24) is 14.5 Å². The number of rotatable bonds is 8. The van der Waals surface area contributed by atoms with Crippen LogP contribution in [0.2, 0.25) is 0 Å². The van der Waals surface area contributed by atoms with E-state index < -0.39 is 0 Å². The van der Waals surface area contributed by atoms with E-state index in [0.717, 1.165) is 67.7 Å². The zero-order valence-corrected chi connectivity index (χ0v) is 30.2. The number of esters is 2. The van der Waals surface area contributed by atoms with E-state index in [4.69, 9.17) is 27.5 Å². The standard InChI is InChI=1S/C39H52N4O5S/c1-23(12-17-34(45)47-4)30-15-16-31-29-14-13-25-20-26(18-19-38(25,2)32(29)21-33(44)39(30,31)3)48-35(46)22-42-37(49)43(40)36(41-42)28-11-7-9-24-8-5-6-10-27(24)28/h5-11,23,25-26,29-33,44H,12-22,40H2,1-4H3/t23-,25-,26-,29+,30-,31+,32+,33+,38+,39-/m1/s1. The summed E-state index contributed by atoms with van der Waals surface area (Å²) in [6, 6.07) is 14.0. The van der Waals surface area contributed by atoms with Crippen molar-refractivity contribution in [3.05, 3.63) is 47.2 Å². The van der Waals surface area contributed by atoms with Crippen LogP contribution in [0.1, 0.15) is 85.0 Å². The topological polar surface area (TPSA) is 122 Å². The van der Waals surface area contributed by atoms with Crippen molar-refractivity contribution in [3.8, 4) is 11.4 Å². The number of nitrogens with two attached hydrogens (primary N) is 1. The predicted octanol–water partition coefficient (Wildman–Crippen LogP) is 7.08. The largest absolute Gasteiger partial charge is 0.469 e. The van der Waals surface area contributed by atoms with Crippen molar-refractivity contribution in [2.75, 3.05) is 13.0 Å². The zero-order chi connectivity index (χ0) is 34.7. The lowest BCUT2D eigenvalue weighted by Crippen LogP contribution is -2.59. The number of hydrogen-bond acceptors (Lipinski definition) is 8. The maximum absolute atomic E-state index is 13.3. The molecule has 0 spiro atoms. The molecule has 1 aromatic heterocycles. The summed E-state index contributed by atoms with van der Waals surface area (Å²) in [6.45, 7) is 6.98. The molecular weight excluding hydrogens is 637 g/mol. The van der Waals surface area contributed by atoms with Gasteiger partial charge >= 0.3 is 11.9 Å². The van der Waals surface area contributed by atoms with Crippen LogP contribution < -0.4 is 5.84 Å². The molecule has 0 saturated heterocycles. The third kappa shape index (κ3) is 5.80. The molecular formula is C39H52N4O5S. The second-order valence-electron chi connectivity index (χ2n) is 16.1. The molecule has 0 unspecified atom stereocenters. The highest BCUT2D eigenvalue weighted by molar-refractivity contribution is 7.71.